The van der Waals surface area contributed by atoms with E-state index in [1.807, 2.05) is 6.92 Å². The van der Waals surface area contributed by atoms with Gasteiger partial charge in [0.1, 0.15) is 5.01 Å². The number of nitrogens with zero attached hydrogens (tertiary/aromatic N) is 2. The van der Waals surface area contributed by atoms with Crippen molar-refractivity contribution >= 4 is 22.4 Å². The van der Waals surface area contributed by atoms with Crippen molar-refractivity contribution in [2.45, 2.75) is 26.7 Å². The van der Waals surface area contributed by atoms with Gasteiger partial charge in [0.2, 0.25) is 11.0 Å². The summed E-state index contributed by atoms with van der Waals surface area (Å²) in [4.78, 5) is 11.5. The van der Waals surface area contributed by atoms with Crippen LogP contribution in [0.15, 0.2) is 0 Å². The number of anilines is 1. The number of carbonyl (C=O) groups excluding carboxylic acids is 1. The summed E-state index contributed by atoms with van der Waals surface area (Å²) in [5.74, 6) is 0.828. The van der Waals surface area contributed by atoms with Crippen LogP contribution in [0.25, 0.3) is 0 Å². The van der Waals surface area contributed by atoms with E-state index < -0.39 is 0 Å². The van der Waals surface area contributed by atoms with Gasteiger partial charge in [-0.25, -0.2) is 0 Å². The highest BCUT2D eigenvalue weighted by Crippen LogP contribution is 2.38. The molecule has 1 saturated carbocycles. The number of nitrogens with one attached hydrogen (secondary N) is 1. The maximum atomic E-state index is 11.5. The molecular formula is C9H13N3OS. The Morgan fingerprint density at radius 3 is 2.86 bits per heavy atom. The second kappa shape index (κ2) is 3.65. The van der Waals surface area contributed by atoms with Gasteiger partial charge in [0, 0.05) is 5.92 Å². The standard InChI is InChI=1S/C9H13N3OS/c1-3-7-11-12-9(14-7)10-8(13)6-4-5(6)2/h5-6H,3-4H2,1-2H3,(H,10,12,13)/t5-,6-/m0/s1. The predicted molar refractivity (Wildman–Crippen MR) is 55.2 cm³/mol. The van der Waals surface area contributed by atoms with E-state index >= 15 is 0 Å². The molecule has 1 amide bonds. The van der Waals surface area contributed by atoms with E-state index in [9.17, 15) is 4.79 Å². The third-order valence-electron chi connectivity index (χ3n) is 2.45. The number of amides is 1. The minimum atomic E-state index is 0.0938. The molecule has 0 aromatic carbocycles. The smallest absolute Gasteiger partial charge is 0.229 e. The van der Waals surface area contributed by atoms with E-state index in [0.717, 1.165) is 17.8 Å². The molecule has 1 aliphatic carbocycles. The van der Waals surface area contributed by atoms with Gasteiger partial charge in [0.15, 0.2) is 0 Å². The molecule has 2 rings (SSSR count). The monoisotopic (exact) mass is 211 g/mol. The number of hydrogen-bond donors (Lipinski definition) is 1. The molecule has 0 spiro atoms. The highest BCUT2D eigenvalue weighted by atomic mass is 32.1. The molecule has 1 N–H and O–H groups in total. The molecule has 0 bridgehead atoms. The Hall–Kier alpha value is -0.970. The van der Waals surface area contributed by atoms with Crippen LogP contribution < -0.4 is 5.32 Å². The Kier molecular flexibility index (Phi) is 2.50. The third-order valence-corrected chi connectivity index (χ3v) is 3.43. The fourth-order valence-electron chi connectivity index (χ4n) is 1.33. The van der Waals surface area contributed by atoms with Crippen LogP contribution in [0.2, 0.25) is 0 Å². The van der Waals surface area contributed by atoms with Gasteiger partial charge in [-0.15, -0.1) is 10.2 Å². The molecular weight excluding hydrogens is 198 g/mol. The Balaban J connectivity index is 1.93. The zero-order valence-electron chi connectivity index (χ0n) is 8.28. The minimum absolute atomic E-state index is 0.0938. The van der Waals surface area contributed by atoms with Crippen LogP contribution in [0, 0.1) is 11.8 Å². The first-order valence-electron chi connectivity index (χ1n) is 4.84. The summed E-state index contributed by atoms with van der Waals surface area (Å²) in [6.45, 7) is 4.11. The molecule has 0 unspecified atom stereocenters. The van der Waals surface area contributed by atoms with Crippen LogP contribution in [-0.2, 0) is 11.2 Å². The van der Waals surface area contributed by atoms with Gasteiger partial charge >= 0.3 is 0 Å². The van der Waals surface area contributed by atoms with E-state index in [1.165, 1.54) is 11.3 Å². The van der Waals surface area contributed by atoms with Crippen molar-refractivity contribution in [1.82, 2.24) is 10.2 Å². The van der Waals surface area contributed by atoms with Crippen molar-refractivity contribution in [2.75, 3.05) is 5.32 Å². The minimum Gasteiger partial charge on any atom is -0.300 e. The molecule has 1 aliphatic rings. The van der Waals surface area contributed by atoms with E-state index in [-0.39, 0.29) is 11.8 Å². The normalized spacial score (nSPS) is 24.7. The van der Waals surface area contributed by atoms with Crippen molar-refractivity contribution in [3.63, 3.8) is 0 Å². The van der Waals surface area contributed by atoms with E-state index in [1.54, 1.807) is 0 Å². The molecule has 14 heavy (non-hydrogen) atoms. The van der Waals surface area contributed by atoms with E-state index in [4.69, 9.17) is 0 Å². The Bertz CT molecular complexity index is 350. The van der Waals surface area contributed by atoms with Crippen molar-refractivity contribution in [1.29, 1.82) is 0 Å². The average Bonchev–Trinajstić information content (AvgIpc) is 2.74. The highest BCUT2D eigenvalue weighted by Gasteiger charge is 2.39. The Morgan fingerprint density at radius 2 is 2.36 bits per heavy atom. The summed E-state index contributed by atoms with van der Waals surface area (Å²) in [6.07, 6.45) is 1.87. The third kappa shape index (κ3) is 1.92. The Morgan fingerprint density at radius 1 is 1.64 bits per heavy atom. The first-order valence-corrected chi connectivity index (χ1v) is 5.65. The predicted octanol–water partition coefficient (Wildman–Crippen LogP) is 1.70. The van der Waals surface area contributed by atoms with Crippen molar-refractivity contribution < 1.29 is 4.79 Å². The summed E-state index contributed by atoms with van der Waals surface area (Å²) < 4.78 is 0. The highest BCUT2D eigenvalue weighted by molar-refractivity contribution is 7.15. The van der Waals surface area contributed by atoms with Crippen LogP contribution in [0.1, 0.15) is 25.3 Å². The first-order chi connectivity index (χ1) is 6.70. The van der Waals surface area contributed by atoms with Gasteiger partial charge in [-0.05, 0) is 18.8 Å². The molecule has 0 saturated heterocycles. The summed E-state index contributed by atoms with van der Waals surface area (Å²) in [7, 11) is 0. The number of carbonyl (C=O) groups is 1. The largest absolute Gasteiger partial charge is 0.300 e. The maximum absolute atomic E-state index is 11.5. The second-order valence-electron chi connectivity index (χ2n) is 3.66. The zero-order chi connectivity index (χ0) is 10.1. The number of rotatable bonds is 3. The van der Waals surface area contributed by atoms with Gasteiger partial charge in [-0.3, -0.25) is 4.79 Å². The fourth-order valence-corrected chi connectivity index (χ4v) is 2.01. The van der Waals surface area contributed by atoms with Gasteiger partial charge in [0.05, 0.1) is 0 Å². The van der Waals surface area contributed by atoms with Crippen molar-refractivity contribution in [3.8, 4) is 0 Å². The second-order valence-corrected chi connectivity index (χ2v) is 4.73. The summed E-state index contributed by atoms with van der Waals surface area (Å²) >= 11 is 1.45. The van der Waals surface area contributed by atoms with E-state index in [0.29, 0.717) is 11.0 Å². The molecule has 76 valence electrons. The molecule has 0 aliphatic heterocycles. The summed E-state index contributed by atoms with van der Waals surface area (Å²) in [5.41, 5.74) is 0. The molecule has 1 aromatic heterocycles. The van der Waals surface area contributed by atoms with Gasteiger partial charge in [0.25, 0.3) is 0 Å². The molecule has 1 aromatic rings. The lowest BCUT2D eigenvalue weighted by atomic mass is 10.3. The van der Waals surface area contributed by atoms with Crippen molar-refractivity contribution in [3.05, 3.63) is 5.01 Å². The molecule has 1 fully saturated rings. The van der Waals surface area contributed by atoms with Gasteiger partial charge in [-0.2, -0.15) is 0 Å². The topological polar surface area (TPSA) is 54.9 Å². The van der Waals surface area contributed by atoms with E-state index in [2.05, 4.69) is 22.4 Å². The molecule has 4 nitrogen and oxygen atoms in total. The lowest BCUT2D eigenvalue weighted by Gasteiger charge is -1.97. The molecule has 0 radical (unpaired) electrons. The number of aromatic nitrogens is 2. The Labute approximate surface area is 86.7 Å². The quantitative estimate of drug-likeness (QED) is 0.827. The zero-order valence-corrected chi connectivity index (χ0v) is 9.10. The van der Waals surface area contributed by atoms with Gasteiger partial charge in [-0.1, -0.05) is 25.2 Å². The van der Waals surface area contributed by atoms with Crippen LogP contribution >= 0.6 is 11.3 Å². The first kappa shape index (κ1) is 9.58. The lowest BCUT2D eigenvalue weighted by Crippen LogP contribution is -2.14. The fraction of sp³-hybridized carbons (Fsp3) is 0.667. The number of aryl methyl sites for hydroxylation is 1. The SMILES string of the molecule is CCc1nnc(NC(=O)[C@H]2C[C@@H]2C)s1. The molecule has 2 atom stereocenters. The summed E-state index contributed by atoms with van der Waals surface area (Å²) in [5, 5.41) is 12.2. The van der Waals surface area contributed by atoms with Crippen molar-refractivity contribution in [2.24, 2.45) is 11.8 Å². The summed E-state index contributed by atoms with van der Waals surface area (Å²) in [6, 6.07) is 0. The van der Waals surface area contributed by atoms with Crippen LogP contribution in [0.5, 0.6) is 0 Å². The maximum Gasteiger partial charge on any atom is 0.229 e. The van der Waals surface area contributed by atoms with Crippen LogP contribution in [0.3, 0.4) is 0 Å². The van der Waals surface area contributed by atoms with Crippen LogP contribution in [-0.4, -0.2) is 16.1 Å². The molecule has 5 heteroatoms. The van der Waals surface area contributed by atoms with Crippen LogP contribution in [0.4, 0.5) is 5.13 Å². The average molecular weight is 211 g/mol. The lowest BCUT2D eigenvalue weighted by molar-refractivity contribution is -0.117. The molecule has 1 heterocycles. The van der Waals surface area contributed by atoms with Gasteiger partial charge < -0.3 is 5.32 Å². The number of hydrogen-bond acceptors (Lipinski definition) is 4.